The van der Waals surface area contributed by atoms with Crippen molar-refractivity contribution in [2.45, 2.75) is 5.54 Å². The Labute approximate surface area is 158 Å². The number of nitrogens with zero attached hydrogens (tertiary/aromatic N) is 1. The first-order valence-corrected chi connectivity index (χ1v) is 9.65. The molecule has 3 aliphatic heterocycles. The molecular weight excluding hydrogens is 340 g/mol. The summed E-state index contributed by atoms with van der Waals surface area (Å²) in [6, 6.07) is 12.2. The Morgan fingerprint density at radius 1 is 0.926 bits per heavy atom. The van der Waals surface area contributed by atoms with E-state index in [9.17, 15) is 9.90 Å². The van der Waals surface area contributed by atoms with Gasteiger partial charge in [0, 0.05) is 56.9 Å². The number of hydrogen-bond donors (Lipinski definition) is 4. The zero-order chi connectivity index (χ0) is 18.4. The van der Waals surface area contributed by atoms with Gasteiger partial charge in [-0.2, -0.15) is 0 Å². The first-order valence-electron chi connectivity index (χ1n) is 9.65. The molecule has 3 heterocycles. The molecular formula is C21H24N4O2. The Balaban J connectivity index is 1.69. The van der Waals surface area contributed by atoms with E-state index < -0.39 is 11.5 Å². The minimum Gasteiger partial charge on any atom is -0.478 e. The third kappa shape index (κ3) is 2.27. The fourth-order valence-corrected chi connectivity index (χ4v) is 4.96. The van der Waals surface area contributed by atoms with Crippen LogP contribution in [0.1, 0.15) is 21.5 Å². The number of benzene rings is 2. The van der Waals surface area contributed by atoms with E-state index in [1.807, 2.05) is 6.07 Å². The zero-order valence-electron chi connectivity index (χ0n) is 15.2. The van der Waals surface area contributed by atoms with Gasteiger partial charge in [-0.05, 0) is 17.2 Å². The van der Waals surface area contributed by atoms with E-state index in [0.29, 0.717) is 12.1 Å². The molecule has 6 nitrogen and oxygen atoms in total. The predicted octanol–water partition coefficient (Wildman–Crippen LogP) is 1.21. The van der Waals surface area contributed by atoms with Crippen molar-refractivity contribution in [1.82, 2.24) is 16.0 Å². The average molecular weight is 364 g/mol. The average Bonchev–Trinajstić information content (AvgIpc) is 2.67. The monoisotopic (exact) mass is 364 g/mol. The molecule has 2 aromatic carbocycles. The summed E-state index contributed by atoms with van der Waals surface area (Å²) in [4.78, 5) is 14.4. The molecule has 1 unspecified atom stereocenters. The van der Waals surface area contributed by atoms with Gasteiger partial charge in [-0.25, -0.2) is 4.79 Å². The lowest BCUT2D eigenvalue weighted by Gasteiger charge is -2.60. The van der Waals surface area contributed by atoms with Crippen molar-refractivity contribution < 1.29 is 9.90 Å². The van der Waals surface area contributed by atoms with Gasteiger partial charge in [-0.1, -0.05) is 30.3 Å². The van der Waals surface area contributed by atoms with E-state index in [1.54, 1.807) is 6.07 Å². The van der Waals surface area contributed by atoms with Crippen LogP contribution < -0.4 is 20.9 Å². The number of aromatic carboxylic acids is 1. The van der Waals surface area contributed by atoms with Gasteiger partial charge in [0.25, 0.3) is 0 Å². The minimum atomic E-state index is -0.845. The van der Waals surface area contributed by atoms with Crippen LogP contribution in [-0.4, -0.2) is 56.9 Å². The second-order valence-electron chi connectivity index (χ2n) is 7.42. The summed E-state index contributed by atoms with van der Waals surface area (Å²) < 4.78 is 0. The normalized spacial score (nSPS) is 23.9. The highest BCUT2D eigenvalue weighted by atomic mass is 16.4. The van der Waals surface area contributed by atoms with E-state index in [2.05, 4.69) is 45.1 Å². The fraction of sp³-hybridized carbons (Fsp3) is 0.381. The molecule has 1 saturated heterocycles. The summed E-state index contributed by atoms with van der Waals surface area (Å²) in [5.41, 5.74) is 5.70. The highest BCUT2D eigenvalue weighted by Gasteiger charge is 2.57. The molecule has 6 heteroatoms. The van der Waals surface area contributed by atoms with Crippen LogP contribution >= 0.6 is 0 Å². The van der Waals surface area contributed by atoms with Crippen LogP contribution in [0.25, 0.3) is 11.1 Å². The van der Waals surface area contributed by atoms with E-state index in [-0.39, 0.29) is 0 Å². The highest BCUT2D eigenvalue weighted by Crippen LogP contribution is 2.62. The molecule has 0 amide bonds. The molecule has 1 spiro atoms. The van der Waals surface area contributed by atoms with Gasteiger partial charge in [-0.15, -0.1) is 0 Å². The Morgan fingerprint density at radius 2 is 1.67 bits per heavy atom. The molecule has 4 bridgehead atoms. The molecule has 1 fully saturated rings. The minimum absolute atomic E-state index is 0.408. The second-order valence-corrected chi connectivity index (χ2v) is 7.42. The van der Waals surface area contributed by atoms with Gasteiger partial charge in [0.15, 0.2) is 0 Å². The van der Waals surface area contributed by atoms with Crippen LogP contribution in [0.3, 0.4) is 0 Å². The van der Waals surface area contributed by atoms with Crippen molar-refractivity contribution in [3.63, 3.8) is 0 Å². The van der Waals surface area contributed by atoms with Crippen molar-refractivity contribution in [3.05, 3.63) is 53.1 Å². The highest BCUT2D eigenvalue weighted by molar-refractivity contribution is 6.04. The van der Waals surface area contributed by atoms with Gasteiger partial charge >= 0.3 is 5.97 Å². The molecule has 0 radical (unpaired) electrons. The van der Waals surface area contributed by atoms with E-state index >= 15 is 0 Å². The largest absolute Gasteiger partial charge is 0.478 e. The van der Waals surface area contributed by atoms with Gasteiger partial charge in [0.05, 0.1) is 11.3 Å². The Hall–Kier alpha value is -2.41. The van der Waals surface area contributed by atoms with Gasteiger partial charge < -0.3 is 26.0 Å². The van der Waals surface area contributed by atoms with Gasteiger partial charge in [0.1, 0.15) is 5.54 Å². The number of rotatable bonds is 1. The van der Waals surface area contributed by atoms with Crippen molar-refractivity contribution in [2.75, 3.05) is 50.7 Å². The third-order valence-electron chi connectivity index (χ3n) is 6.07. The number of anilines is 1. The number of carbonyl (C=O) groups is 1. The number of carboxylic acid groups (broad SMARTS) is 1. The molecule has 0 saturated carbocycles. The SMILES string of the molecule is O=C(O)c1ccc2c3c1C1(CNCCNCCNCCN31)c1ccccc1-2. The summed E-state index contributed by atoms with van der Waals surface area (Å²) in [7, 11) is 0. The van der Waals surface area contributed by atoms with Crippen molar-refractivity contribution >= 4 is 11.7 Å². The maximum atomic E-state index is 12.0. The Morgan fingerprint density at radius 3 is 2.48 bits per heavy atom. The van der Waals surface area contributed by atoms with Gasteiger partial charge in [0.2, 0.25) is 0 Å². The van der Waals surface area contributed by atoms with Crippen LogP contribution in [0.15, 0.2) is 36.4 Å². The lowest BCUT2D eigenvalue weighted by atomic mass is 9.63. The topological polar surface area (TPSA) is 76.6 Å². The third-order valence-corrected chi connectivity index (χ3v) is 6.07. The molecule has 0 aromatic heterocycles. The van der Waals surface area contributed by atoms with Gasteiger partial charge in [-0.3, -0.25) is 0 Å². The van der Waals surface area contributed by atoms with Crippen molar-refractivity contribution in [1.29, 1.82) is 0 Å². The zero-order valence-corrected chi connectivity index (χ0v) is 15.2. The molecule has 4 aliphatic rings. The number of nitrogens with one attached hydrogen (secondary N) is 3. The summed E-state index contributed by atoms with van der Waals surface area (Å²) in [6.45, 7) is 6.10. The fourth-order valence-electron chi connectivity index (χ4n) is 4.96. The van der Waals surface area contributed by atoms with Crippen molar-refractivity contribution in [2.24, 2.45) is 0 Å². The lowest BCUT2D eigenvalue weighted by molar-refractivity contribution is 0.0693. The maximum Gasteiger partial charge on any atom is 0.336 e. The van der Waals surface area contributed by atoms with E-state index in [0.717, 1.165) is 56.1 Å². The summed E-state index contributed by atoms with van der Waals surface area (Å²) in [5, 5.41) is 20.4. The first-order chi connectivity index (χ1) is 13.2. The number of hydrogen-bond acceptors (Lipinski definition) is 5. The van der Waals surface area contributed by atoms with E-state index in [4.69, 9.17) is 0 Å². The Kier molecular flexibility index (Phi) is 3.93. The molecule has 140 valence electrons. The van der Waals surface area contributed by atoms with Crippen molar-refractivity contribution in [3.8, 4) is 11.1 Å². The molecule has 6 rings (SSSR count). The summed E-state index contributed by atoms with van der Waals surface area (Å²) >= 11 is 0. The smallest absolute Gasteiger partial charge is 0.336 e. The molecule has 1 aliphatic carbocycles. The van der Waals surface area contributed by atoms with Crippen LogP contribution in [0.4, 0.5) is 5.69 Å². The van der Waals surface area contributed by atoms with Crippen LogP contribution in [0.2, 0.25) is 0 Å². The van der Waals surface area contributed by atoms with Crippen LogP contribution in [0.5, 0.6) is 0 Å². The van der Waals surface area contributed by atoms with Crippen LogP contribution in [0, 0.1) is 0 Å². The summed E-state index contributed by atoms with van der Waals surface area (Å²) in [5.74, 6) is -0.845. The standard InChI is InChI=1S/C21H24N4O2/c26-20(27)16-6-5-15-14-3-1-2-4-17(14)21-13-24-10-9-22-7-8-23-11-12-25(21)19(15)18(16)21/h1-6,22-24H,7-13H2,(H,26,27). The molecule has 4 N–H and O–H groups in total. The molecule has 27 heavy (non-hydrogen) atoms. The Bertz CT molecular complexity index is 913. The second kappa shape index (κ2) is 6.34. The first kappa shape index (κ1) is 16.7. The van der Waals surface area contributed by atoms with Crippen LogP contribution in [-0.2, 0) is 5.54 Å². The predicted molar refractivity (Wildman–Crippen MR) is 106 cm³/mol. The molecule has 2 aromatic rings. The maximum absolute atomic E-state index is 12.0. The number of carboxylic acids is 1. The quantitative estimate of drug-likeness (QED) is 0.610. The lowest BCUT2D eigenvalue weighted by Crippen LogP contribution is -2.65. The summed E-state index contributed by atoms with van der Waals surface area (Å²) in [6.07, 6.45) is 0. The molecule has 1 atom stereocenters. The van der Waals surface area contributed by atoms with E-state index in [1.165, 1.54) is 11.1 Å².